The van der Waals surface area contributed by atoms with Gasteiger partial charge in [0.1, 0.15) is 5.82 Å². The normalized spacial score (nSPS) is 10.0. The minimum Gasteiger partial charge on any atom is -0.324 e. The molecule has 0 saturated heterocycles. The van der Waals surface area contributed by atoms with E-state index in [1.165, 1.54) is 0 Å². The molecule has 1 aromatic carbocycles. The Labute approximate surface area is 91.0 Å². The molecule has 0 aromatic heterocycles. The molecular weight excluding hydrogens is 228 g/mol. The third-order valence-electron chi connectivity index (χ3n) is 1.59. The Morgan fingerprint density at radius 1 is 1.43 bits per heavy atom. The fourth-order valence-electron chi connectivity index (χ4n) is 0.889. The average molecular weight is 236 g/mol. The first kappa shape index (κ1) is 11.3. The topological polar surface area (TPSA) is 29.1 Å². The van der Waals surface area contributed by atoms with Gasteiger partial charge in [-0.25, -0.2) is 4.39 Å². The van der Waals surface area contributed by atoms with E-state index >= 15 is 0 Å². The van der Waals surface area contributed by atoms with Crippen LogP contribution in [-0.2, 0) is 4.79 Å². The first-order valence-corrected chi connectivity index (χ1v) is 4.74. The largest absolute Gasteiger partial charge is 0.324 e. The lowest BCUT2D eigenvalue weighted by Crippen LogP contribution is -2.10. The number of halogens is 3. The van der Waals surface area contributed by atoms with E-state index in [-0.39, 0.29) is 21.6 Å². The number of benzene rings is 1. The third kappa shape index (κ3) is 2.59. The maximum absolute atomic E-state index is 12.7. The number of carbonyl (C=O) groups is 1. The molecule has 0 fully saturated rings. The van der Waals surface area contributed by atoms with Crippen LogP contribution in [0.5, 0.6) is 0 Å². The van der Waals surface area contributed by atoms with E-state index < -0.39 is 5.82 Å². The summed E-state index contributed by atoms with van der Waals surface area (Å²) in [5, 5.41) is 2.67. The predicted octanol–water partition coefficient (Wildman–Crippen LogP) is 3.48. The van der Waals surface area contributed by atoms with Gasteiger partial charge in [-0.15, -0.1) is 0 Å². The molecule has 1 rings (SSSR count). The first-order chi connectivity index (χ1) is 6.54. The summed E-state index contributed by atoms with van der Waals surface area (Å²) in [6.07, 6.45) is 0.310. The van der Waals surface area contributed by atoms with Gasteiger partial charge in [-0.3, -0.25) is 4.79 Å². The van der Waals surface area contributed by atoms with Gasteiger partial charge in [-0.05, 0) is 12.1 Å². The Bertz CT molecular complexity index is 345. The molecule has 1 amide bonds. The SMILES string of the molecule is CCC(=O)Nc1c(Cl)cc(F)cc1Cl. The number of anilines is 1. The van der Waals surface area contributed by atoms with Crippen molar-refractivity contribution < 1.29 is 9.18 Å². The molecule has 0 unspecified atom stereocenters. The van der Waals surface area contributed by atoms with E-state index in [0.29, 0.717) is 6.42 Å². The van der Waals surface area contributed by atoms with Crippen LogP contribution in [0, 0.1) is 5.82 Å². The van der Waals surface area contributed by atoms with E-state index in [2.05, 4.69) is 5.32 Å². The number of hydrogen-bond acceptors (Lipinski definition) is 1. The molecule has 0 heterocycles. The average Bonchev–Trinajstić information content (AvgIpc) is 2.10. The molecule has 0 saturated carbocycles. The summed E-state index contributed by atoms with van der Waals surface area (Å²) in [6, 6.07) is 2.19. The summed E-state index contributed by atoms with van der Waals surface area (Å²) in [5.41, 5.74) is 0.251. The highest BCUT2D eigenvalue weighted by molar-refractivity contribution is 6.39. The van der Waals surface area contributed by atoms with Crippen LogP contribution < -0.4 is 5.32 Å². The number of carbonyl (C=O) groups excluding carboxylic acids is 1. The van der Waals surface area contributed by atoms with E-state index in [9.17, 15) is 9.18 Å². The number of hydrogen-bond donors (Lipinski definition) is 1. The van der Waals surface area contributed by atoms with Gasteiger partial charge in [0.25, 0.3) is 0 Å². The van der Waals surface area contributed by atoms with Crippen molar-refractivity contribution in [3.05, 3.63) is 28.0 Å². The van der Waals surface area contributed by atoms with Crippen LogP contribution in [0.1, 0.15) is 13.3 Å². The van der Waals surface area contributed by atoms with Gasteiger partial charge in [0, 0.05) is 6.42 Å². The van der Waals surface area contributed by atoms with E-state index in [4.69, 9.17) is 23.2 Å². The maximum atomic E-state index is 12.7. The highest BCUT2D eigenvalue weighted by Gasteiger charge is 2.10. The number of rotatable bonds is 2. The first-order valence-electron chi connectivity index (χ1n) is 3.99. The van der Waals surface area contributed by atoms with E-state index in [1.54, 1.807) is 6.92 Å². The van der Waals surface area contributed by atoms with Crippen molar-refractivity contribution in [2.75, 3.05) is 5.32 Å². The van der Waals surface area contributed by atoms with Crippen molar-refractivity contribution in [1.29, 1.82) is 0 Å². The molecule has 0 bridgehead atoms. The second-order valence-electron chi connectivity index (χ2n) is 2.65. The van der Waals surface area contributed by atoms with Crippen molar-refractivity contribution in [2.24, 2.45) is 0 Å². The van der Waals surface area contributed by atoms with Crippen LogP contribution in [0.3, 0.4) is 0 Å². The van der Waals surface area contributed by atoms with E-state index in [0.717, 1.165) is 12.1 Å². The summed E-state index contributed by atoms with van der Waals surface area (Å²) in [4.78, 5) is 11.0. The standard InChI is InChI=1S/C9H8Cl2FNO/c1-2-8(14)13-9-6(10)3-5(12)4-7(9)11/h3-4H,2H2,1H3,(H,13,14). The predicted molar refractivity (Wildman–Crippen MR) is 55.3 cm³/mol. The van der Waals surface area contributed by atoms with Crippen molar-refractivity contribution in [2.45, 2.75) is 13.3 Å². The molecule has 76 valence electrons. The van der Waals surface area contributed by atoms with Gasteiger partial charge in [-0.2, -0.15) is 0 Å². The quantitative estimate of drug-likeness (QED) is 0.836. The molecule has 0 aliphatic carbocycles. The summed E-state index contributed by atoms with van der Waals surface area (Å²) < 4.78 is 12.7. The molecule has 0 radical (unpaired) electrons. The van der Waals surface area contributed by atoms with E-state index in [1.807, 2.05) is 0 Å². The Kier molecular flexibility index (Phi) is 3.72. The number of amides is 1. The highest BCUT2D eigenvalue weighted by atomic mass is 35.5. The summed E-state index contributed by atoms with van der Waals surface area (Å²) in [6.45, 7) is 1.70. The van der Waals surface area contributed by atoms with Crippen LogP contribution >= 0.6 is 23.2 Å². The molecule has 0 spiro atoms. The Hall–Kier alpha value is -0.800. The van der Waals surface area contributed by atoms with Crippen LogP contribution in [0.15, 0.2) is 12.1 Å². The van der Waals surface area contributed by atoms with Crippen molar-refractivity contribution >= 4 is 34.8 Å². The third-order valence-corrected chi connectivity index (χ3v) is 2.19. The van der Waals surface area contributed by atoms with Crippen molar-refractivity contribution in [1.82, 2.24) is 0 Å². The summed E-state index contributed by atoms with van der Waals surface area (Å²) in [5.74, 6) is -0.755. The molecule has 0 aliphatic heterocycles. The summed E-state index contributed by atoms with van der Waals surface area (Å²) in [7, 11) is 0. The van der Waals surface area contributed by atoms with Gasteiger partial charge in [0.05, 0.1) is 15.7 Å². The van der Waals surface area contributed by atoms with Gasteiger partial charge in [0.2, 0.25) is 5.91 Å². The van der Waals surface area contributed by atoms with Gasteiger partial charge in [-0.1, -0.05) is 30.1 Å². The zero-order chi connectivity index (χ0) is 10.7. The second-order valence-corrected chi connectivity index (χ2v) is 3.46. The second kappa shape index (κ2) is 4.62. The van der Waals surface area contributed by atoms with Gasteiger partial charge in [0.15, 0.2) is 0 Å². The fraction of sp³-hybridized carbons (Fsp3) is 0.222. The molecular formula is C9H8Cl2FNO. The Morgan fingerprint density at radius 3 is 2.36 bits per heavy atom. The van der Waals surface area contributed by atoms with Crippen molar-refractivity contribution in [3.63, 3.8) is 0 Å². The van der Waals surface area contributed by atoms with Crippen LogP contribution in [0.2, 0.25) is 10.0 Å². The smallest absolute Gasteiger partial charge is 0.224 e. The zero-order valence-electron chi connectivity index (χ0n) is 7.40. The lowest BCUT2D eigenvalue weighted by Gasteiger charge is -2.07. The van der Waals surface area contributed by atoms with Gasteiger partial charge < -0.3 is 5.32 Å². The Balaban J connectivity index is 3.02. The molecule has 14 heavy (non-hydrogen) atoms. The monoisotopic (exact) mass is 235 g/mol. The molecule has 0 aliphatic rings. The van der Waals surface area contributed by atoms with Crippen LogP contribution in [0.4, 0.5) is 10.1 Å². The maximum Gasteiger partial charge on any atom is 0.224 e. The van der Waals surface area contributed by atoms with Crippen LogP contribution in [-0.4, -0.2) is 5.91 Å². The summed E-state index contributed by atoms with van der Waals surface area (Å²) >= 11 is 11.4. The minimum atomic E-state index is -0.533. The van der Waals surface area contributed by atoms with Crippen molar-refractivity contribution in [3.8, 4) is 0 Å². The Morgan fingerprint density at radius 2 is 1.93 bits per heavy atom. The molecule has 0 atom stereocenters. The van der Waals surface area contributed by atoms with Crippen LogP contribution in [0.25, 0.3) is 0 Å². The lowest BCUT2D eigenvalue weighted by molar-refractivity contribution is -0.115. The highest BCUT2D eigenvalue weighted by Crippen LogP contribution is 2.31. The zero-order valence-corrected chi connectivity index (χ0v) is 8.92. The number of nitrogens with one attached hydrogen (secondary N) is 1. The minimum absolute atomic E-state index is 0.0943. The molecule has 1 N–H and O–H groups in total. The molecule has 2 nitrogen and oxygen atoms in total. The lowest BCUT2D eigenvalue weighted by atomic mass is 10.3. The molecule has 5 heteroatoms. The fourth-order valence-corrected chi connectivity index (χ4v) is 1.44. The molecule has 1 aromatic rings. The van der Waals surface area contributed by atoms with Gasteiger partial charge >= 0.3 is 0 Å².